The third-order valence-electron chi connectivity index (χ3n) is 10.0. The van der Waals surface area contributed by atoms with Crippen LogP contribution in [-0.2, 0) is 40.9 Å². The fourth-order valence-corrected chi connectivity index (χ4v) is 8.55. The third-order valence-corrected chi connectivity index (χ3v) is 11.8. The number of amides is 1. The van der Waals surface area contributed by atoms with E-state index >= 15 is 0 Å². The van der Waals surface area contributed by atoms with Crippen LogP contribution in [0, 0.1) is 5.92 Å². The first kappa shape index (κ1) is 36.3. The molecular formula is C37H53N3O7S. The second kappa shape index (κ2) is 15.3. The number of likely N-dealkylation sites (N-methyl/N-ethyl adjacent to an activating group) is 1. The number of piperidine rings is 1. The Balaban J connectivity index is 1.19. The van der Waals surface area contributed by atoms with E-state index in [1.807, 2.05) is 43.9 Å². The zero-order chi connectivity index (χ0) is 34.5. The summed E-state index contributed by atoms with van der Waals surface area (Å²) in [6, 6.07) is 17.2. The molecule has 0 aromatic heterocycles. The molecule has 2 aromatic rings. The fraction of sp³-hybridized carbons (Fsp3) is 0.622. The zero-order valence-corrected chi connectivity index (χ0v) is 30.0. The summed E-state index contributed by atoms with van der Waals surface area (Å²) in [4.78, 5) is 29.7. The molecule has 5 rings (SSSR count). The molecule has 0 aliphatic carbocycles. The molecule has 264 valence electrons. The average Bonchev–Trinajstić information content (AvgIpc) is 3.72. The van der Waals surface area contributed by atoms with Crippen molar-refractivity contribution in [3.8, 4) is 0 Å². The Morgan fingerprint density at radius 2 is 1.71 bits per heavy atom. The minimum Gasteiger partial charge on any atom is -0.460 e. The molecule has 3 fully saturated rings. The number of ether oxygens (including phenoxy) is 3. The van der Waals surface area contributed by atoms with Gasteiger partial charge in [0.2, 0.25) is 10.0 Å². The zero-order valence-electron chi connectivity index (χ0n) is 29.2. The van der Waals surface area contributed by atoms with Gasteiger partial charge < -0.3 is 24.0 Å². The minimum absolute atomic E-state index is 0.168. The van der Waals surface area contributed by atoms with Gasteiger partial charge in [-0.1, -0.05) is 49.4 Å². The van der Waals surface area contributed by atoms with Crippen molar-refractivity contribution in [2.75, 3.05) is 53.0 Å². The Bertz CT molecular complexity index is 1490. The van der Waals surface area contributed by atoms with Crippen LogP contribution in [-0.4, -0.2) is 105 Å². The molecule has 0 N–H and O–H groups in total. The maximum absolute atomic E-state index is 13.8. The van der Waals surface area contributed by atoms with Gasteiger partial charge >= 0.3 is 12.1 Å². The van der Waals surface area contributed by atoms with E-state index in [1.165, 1.54) is 4.31 Å². The molecule has 11 heteroatoms. The highest BCUT2D eigenvalue weighted by Crippen LogP contribution is 2.35. The van der Waals surface area contributed by atoms with Crippen molar-refractivity contribution in [2.24, 2.45) is 5.92 Å². The maximum atomic E-state index is 13.8. The number of aryl methyl sites for hydroxylation is 1. The molecule has 3 aliphatic rings. The molecule has 3 aliphatic heterocycles. The summed E-state index contributed by atoms with van der Waals surface area (Å²) in [6.45, 7) is 12.6. The summed E-state index contributed by atoms with van der Waals surface area (Å²) in [7, 11) is -2.11. The van der Waals surface area contributed by atoms with Crippen LogP contribution in [0.5, 0.6) is 0 Å². The highest BCUT2D eigenvalue weighted by atomic mass is 32.2. The maximum Gasteiger partial charge on any atom is 0.410 e. The first-order valence-corrected chi connectivity index (χ1v) is 18.8. The van der Waals surface area contributed by atoms with Gasteiger partial charge in [-0.05, 0) is 82.2 Å². The van der Waals surface area contributed by atoms with Gasteiger partial charge in [0, 0.05) is 57.5 Å². The lowest BCUT2D eigenvalue weighted by Crippen LogP contribution is -2.49. The predicted molar refractivity (Wildman–Crippen MR) is 184 cm³/mol. The van der Waals surface area contributed by atoms with Gasteiger partial charge in [0.25, 0.3) is 0 Å². The number of rotatable bonds is 12. The Morgan fingerprint density at radius 1 is 0.979 bits per heavy atom. The summed E-state index contributed by atoms with van der Waals surface area (Å²) >= 11 is 0. The van der Waals surface area contributed by atoms with Gasteiger partial charge in [-0.15, -0.1) is 0 Å². The van der Waals surface area contributed by atoms with Crippen molar-refractivity contribution in [3.05, 3.63) is 65.7 Å². The van der Waals surface area contributed by atoms with E-state index in [4.69, 9.17) is 14.2 Å². The Kier molecular flexibility index (Phi) is 11.5. The third kappa shape index (κ3) is 9.16. The van der Waals surface area contributed by atoms with E-state index in [1.54, 1.807) is 31.3 Å². The van der Waals surface area contributed by atoms with Crippen molar-refractivity contribution in [3.63, 3.8) is 0 Å². The lowest BCUT2D eigenvalue weighted by atomic mass is 9.79. The number of hydrogen-bond donors (Lipinski definition) is 0. The highest BCUT2D eigenvalue weighted by molar-refractivity contribution is 7.89. The normalized spacial score (nSPS) is 23.1. The number of fused-ring (bicyclic) bond motifs is 1. The van der Waals surface area contributed by atoms with Crippen LogP contribution < -0.4 is 0 Å². The van der Waals surface area contributed by atoms with E-state index in [0.29, 0.717) is 32.1 Å². The lowest BCUT2D eigenvalue weighted by Gasteiger charge is -2.40. The molecule has 0 radical (unpaired) electrons. The van der Waals surface area contributed by atoms with E-state index in [9.17, 15) is 18.0 Å². The molecule has 2 aromatic carbocycles. The second-order valence-corrected chi connectivity index (χ2v) is 17.0. The van der Waals surface area contributed by atoms with Crippen molar-refractivity contribution in [1.29, 1.82) is 0 Å². The van der Waals surface area contributed by atoms with Crippen LogP contribution in [0.2, 0.25) is 0 Å². The molecule has 3 heterocycles. The Hall–Kier alpha value is -2.99. The number of carbonyl (C=O) groups is 2. The van der Waals surface area contributed by atoms with Crippen LogP contribution in [0.25, 0.3) is 0 Å². The number of esters is 1. The monoisotopic (exact) mass is 683 g/mol. The van der Waals surface area contributed by atoms with Crippen molar-refractivity contribution < 1.29 is 32.2 Å². The first-order chi connectivity index (χ1) is 22.7. The molecule has 48 heavy (non-hydrogen) atoms. The standard InChI is InChI=1S/C37H53N3O7S/c1-36(2,3)47-35(42)40-22-17-29-25-39(21-18-33(29)40)23-20-37(4,30-9-7-6-8-10-30)27-38(5)48(43,44)32-14-11-28(12-15-32)13-16-34(41)46-31-19-24-45-26-31/h6-12,14-15,29,31,33H,13,16-27H2,1-5H3/t29-,31+,33+,37-/m1/s1. The van der Waals surface area contributed by atoms with Crippen LogP contribution in [0.15, 0.2) is 59.5 Å². The number of likely N-dealkylation sites (tertiary alicyclic amines) is 2. The van der Waals surface area contributed by atoms with E-state index < -0.39 is 21.0 Å². The molecule has 1 amide bonds. The Morgan fingerprint density at radius 3 is 2.38 bits per heavy atom. The number of nitrogens with zero attached hydrogens (tertiary/aromatic N) is 3. The SMILES string of the molecule is CN(C[C@@](C)(CCN1CC[C@H]2[C@H](CCN2C(=O)OC(C)(C)C)C1)c1ccccc1)S(=O)(=O)c1ccc(CCC(=O)O[C@H]2CCOC2)cc1. The highest BCUT2D eigenvalue weighted by Gasteiger charge is 2.42. The van der Waals surface area contributed by atoms with Crippen LogP contribution in [0.1, 0.15) is 70.9 Å². The number of hydrogen-bond acceptors (Lipinski definition) is 8. The molecule has 0 unspecified atom stereocenters. The summed E-state index contributed by atoms with van der Waals surface area (Å²) < 4.78 is 45.5. The summed E-state index contributed by atoms with van der Waals surface area (Å²) in [6.07, 6.45) is 3.72. The molecule has 0 spiro atoms. The number of sulfonamides is 1. The molecular weight excluding hydrogens is 630 g/mol. The van der Waals surface area contributed by atoms with Crippen molar-refractivity contribution >= 4 is 22.1 Å². The van der Waals surface area contributed by atoms with Gasteiger partial charge in [-0.2, -0.15) is 0 Å². The number of benzene rings is 2. The summed E-state index contributed by atoms with van der Waals surface area (Å²) in [5.41, 5.74) is 1.04. The fourth-order valence-electron chi connectivity index (χ4n) is 7.25. The van der Waals surface area contributed by atoms with E-state index in [0.717, 1.165) is 63.0 Å². The van der Waals surface area contributed by atoms with Gasteiger partial charge in [0.15, 0.2) is 0 Å². The molecule has 0 saturated carbocycles. The van der Waals surface area contributed by atoms with Crippen LogP contribution in [0.3, 0.4) is 0 Å². The second-order valence-electron chi connectivity index (χ2n) is 14.9. The van der Waals surface area contributed by atoms with Gasteiger partial charge in [-0.25, -0.2) is 17.5 Å². The summed E-state index contributed by atoms with van der Waals surface area (Å²) in [5.74, 6) is 0.144. The minimum atomic E-state index is -3.76. The summed E-state index contributed by atoms with van der Waals surface area (Å²) in [5, 5.41) is 0. The average molecular weight is 684 g/mol. The number of carbonyl (C=O) groups excluding carboxylic acids is 2. The largest absolute Gasteiger partial charge is 0.460 e. The molecule has 3 saturated heterocycles. The smallest absolute Gasteiger partial charge is 0.410 e. The lowest BCUT2D eigenvalue weighted by molar-refractivity contribution is -0.148. The molecule has 10 nitrogen and oxygen atoms in total. The topological polar surface area (TPSA) is 106 Å². The van der Waals surface area contributed by atoms with E-state index in [2.05, 4.69) is 24.0 Å². The van der Waals surface area contributed by atoms with Crippen molar-refractivity contribution in [1.82, 2.24) is 14.1 Å². The van der Waals surface area contributed by atoms with Crippen molar-refractivity contribution in [2.45, 2.75) is 94.3 Å². The van der Waals surface area contributed by atoms with Gasteiger partial charge in [-0.3, -0.25) is 4.79 Å². The first-order valence-electron chi connectivity index (χ1n) is 17.3. The van der Waals surface area contributed by atoms with Gasteiger partial charge in [0.05, 0.1) is 18.1 Å². The quantitative estimate of drug-likeness (QED) is 0.280. The van der Waals surface area contributed by atoms with Crippen LogP contribution >= 0.6 is 0 Å². The predicted octanol–water partition coefficient (Wildman–Crippen LogP) is 5.25. The Labute approximate surface area is 286 Å². The molecule has 4 atom stereocenters. The van der Waals surface area contributed by atoms with Crippen LogP contribution in [0.4, 0.5) is 4.79 Å². The molecule has 0 bridgehead atoms. The van der Waals surface area contributed by atoms with E-state index in [-0.39, 0.29) is 35.5 Å². The van der Waals surface area contributed by atoms with Gasteiger partial charge in [0.1, 0.15) is 11.7 Å².